The van der Waals surface area contributed by atoms with Crippen molar-refractivity contribution in [2.45, 2.75) is 0 Å². The molecule has 1 aromatic carbocycles. The Balaban J connectivity index is 3.03. The van der Waals surface area contributed by atoms with Crippen molar-refractivity contribution < 1.29 is 24.1 Å². The number of methoxy groups -OCH3 is 2. The van der Waals surface area contributed by atoms with Gasteiger partial charge in [0.05, 0.1) is 20.8 Å². The zero-order valence-corrected chi connectivity index (χ0v) is 9.23. The van der Waals surface area contributed by atoms with E-state index in [2.05, 4.69) is 0 Å². The number of esters is 1. The smallest absolute Gasteiger partial charge is 0.345 e. The lowest BCUT2D eigenvalue weighted by Crippen LogP contribution is -2.11. The standard InChI is InChI=1S/C11H14O5/c1-14-8-4-3-5-9(15-2)10(8)11(13)16-7-6-12/h3-5,12H,6-7H2,1-2H3. The van der Waals surface area contributed by atoms with Gasteiger partial charge in [-0.2, -0.15) is 0 Å². The predicted octanol–water partition coefficient (Wildman–Crippen LogP) is 0.853. The van der Waals surface area contributed by atoms with Crippen molar-refractivity contribution in [3.05, 3.63) is 23.8 Å². The van der Waals surface area contributed by atoms with E-state index in [9.17, 15) is 4.79 Å². The summed E-state index contributed by atoms with van der Waals surface area (Å²) in [6, 6.07) is 4.98. The van der Waals surface area contributed by atoms with E-state index in [0.29, 0.717) is 11.5 Å². The molecule has 16 heavy (non-hydrogen) atoms. The zero-order chi connectivity index (χ0) is 12.0. The maximum absolute atomic E-state index is 11.7. The molecule has 0 fully saturated rings. The van der Waals surface area contributed by atoms with Crippen LogP contribution in [0.4, 0.5) is 0 Å². The van der Waals surface area contributed by atoms with Crippen LogP contribution >= 0.6 is 0 Å². The third-order valence-corrected chi connectivity index (χ3v) is 1.96. The highest BCUT2D eigenvalue weighted by molar-refractivity contribution is 5.95. The maximum Gasteiger partial charge on any atom is 0.345 e. The molecule has 0 heterocycles. The van der Waals surface area contributed by atoms with E-state index in [4.69, 9.17) is 19.3 Å². The topological polar surface area (TPSA) is 65.0 Å². The minimum atomic E-state index is -0.580. The number of rotatable bonds is 5. The highest BCUT2D eigenvalue weighted by atomic mass is 16.5. The first-order chi connectivity index (χ1) is 7.74. The summed E-state index contributed by atoms with van der Waals surface area (Å²) >= 11 is 0. The zero-order valence-electron chi connectivity index (χ0n) is 9.23. The lowest BCUT2D eigenvalue weighted by molar-refractivity contribution is 0.0426. The molecule has 0 atom stereocenters. The summed E-state index contributed by atoms with van der Waals surface area (Å²) in [6.45, 7) is -0.275. The van der Waals surface area contributed by atoms with Crippen molar-refractivity contribution in [2.75, 3.05) is 27.4 Å². The molecule has 88 valence electrons. The summed E-state index contributed by atoms with van der Waals surface area (Å²) in [6.07, 6.45) is 0. The lowest BCUT2D eigenvalue weighted by Gasteiger charge is -2.11. The van der Waals surface area contributed by atoms with Gasteiger partial charge in [0.1, 0.15) is 23.7 Å². The van der Waals surface area contributed by atoms with E-state index in [1.54, 1.807) is 18.2 Å². The number of ether oxygens (including phenoxy) is 3. The fraction of sp³-hybridized carbons (Fsp3) is 0.364. The first kappa shape index (κ1) is 12.3. The van der Waals surface area contributed by atoms with E-state index in [-0.39, 0.29) is 18.8 Å². The number of aliphatic hydroxyl groups is 1. The van der Waals surface area contributed by atoms with Crippen LogP contribution in [0.25, 0.3) is 0 Å². The molecule has 5 nitrogen and oxygen atoms in total. The molecule has 0 spiro atoms. The molecule has 1 N–H and O–H groups in total. The normalized spacial score (nSPS) is 9.69. The predicted molar refractivity (Wildman–Crippen MR) is 56.9 cm³/mol. The molecule has 0 aliphatic carbocycles. The fourth-order valence-corrected chi connectivity index (χ4v) is 1.26. The number of carbonyl (C=O) groups excluding carboxylic acids is 1. The van der Waals surface area contributed by atoms with Gasteiger partial charge in [0, 0.05) is 0 Å². The monoisotopic (exact) mass is 226 g/mol. The quantitative estimate of drug-likeness (QED) is 0.754. The van der Waals surface area contributed by atoms with Crippen molar-refractivity contribution in [2.24, 2.45) is 0 Å². The number of aliphatic hydroxyl groups excluding tert-OH is 1. The van der Waals surface area contributed by atoms with Crippen molar-refractivity contribution in [1.29, 1.82) is 0 Å². The van der Waals surface area contributed by atoms with Gasteiger partial charge in [0.25, 0.3) is 0 Å². The second-order valence-electron chi connectivity index (χ2n) is 2.90. The molecular weight excluding hydrogens is 212 g/mol. The Kier molecular flexibility index (Phi) is 4.60. The number of benzene rings is 1. The van der Waals surface area contributed by atoms with Crippen LogP contribution in [0.1, 0.15) is 10.4 Å². The van der Waals surface area contributed by atoms with Crippen molar-refractivity contribution in [3.8, 4) is 11.5 Å². The van der Waals surface area contributed by atoms with Crippen LogP contribution < -0.4 is 9.47 Å². The van der Waals surface area contributed by atoms with Gasteiger partial charge in [0.15, 0.2) is 0 Å². The SMILES string of the molecule is COc1cccc(OC)c1C(=O)OCCO. The highest BCUT2D eigenvalue weighted by Gasteiger charge is 2.19. The third-order valence-electron chi connectivity index (χ3n) is 1.96. The molecule has 0 radical (unpaired) electrons. The van der Waals surface area contributed by atoms with Gasteiger partial charge in [0.2, 0.25) is 0 Å². The van der Waals surface area contributed by atoms with Gasteiger partial charge in [-0.25, -0.2) is 4.79 Å². The minimum Gasteiger partial charge on any atom is -0.496 e. The number of hydrogen-bond acceptors (Lipinski definition) is 5. The maximum atomic E-state index is 11.7. The Morgan fingerprint density at radius 3 is 2.25 bits per heavy atom. The average molecular weight is 226 g/mol. The Bertz CT molecular complexity index is 339. The largest absolute Gasteiger partial charge is 0.496 e. The molecule has 0 bridgehead atoms. The first-order valence-corrected chi connectivity index (χ1v) is 4.73. The molecule has 0 aliphatic rings. The Morgan fingerprint density at radius 1 is 1.25 bits per heavy atom. The molecule has 0 amide bonds. The fourth-order valence-electron chi connectivity index (χ4n) is 1.26. The highest BCUT2D eigenvalue weighted by Crippen LogP contribution is 2.28. The second-order valence-corrected chi connectivity index (χ2v) is 2.90. The first-order valence-electron chi connectivity index (χ1n) is 4.73. The van der Waals surface area contributed by atoms with Crippen LogP contribution in [0.3, 0.4) is 0 Å². The summed E-state index contributed by atoms with van der Waals surface area (Å²) < 4.78 is 14.9. The summed E-state index contributed by atoms with van der Waals surface area (Å²) in [7, 11) is 2.91. The molecule has 1 aromatic rings. The van der Waals surface area contributed by atoms with Gasteiger partial charge in [-0.1, -0.05) is 6.07 Å². The van der Waals surface area contributed by atoms with E-state index < -0.39 is 5.97 Å². The summed E-state index contributed by atoms with van der Waals surface area (Å²) in [5, 5.41) is 8.58. The number of carbonyl (C=O) groups is 1. The second kappa shape index (κ2) is 5.97. The molecule has 5 heteroatoms. The summed E-state index contributed by atoms with van der Waals surface area (Å²) in [4.78, 5) is 11.7. The van der Waals surface area contributed by atoms with E-state index in [1.165, 1.54) is 14.2 Å². The van der Waals surface area contributed by atoms with E-state index >= 15 is 0 Å². The van der Waals surface area contributed by atoms with E-state index in [1.807, 2.05) is 0 Å². The van der Waals surface area contributed by atoms with Crippen LogP contribution in [0.5, 0.6) is 11.5 Å². The van der Waals surface area contributed by atoms with Gasteiger partial charge >= 0.3 is 5.97 Å². The summed E-state index contributed by atoms with van der Waals surface area (Å²) in [5.41, 5.74) is 0.223. The Hall–Kier alpha value is -1.75. The van der Waals surface area contributed by atoms with Crippen LogP contribution in [0.2, 0.25) is 0 Å². The molecule has 0 saturated heterocycles. The Morgan fingerprint density at radius 2 is 1.81 bits per heavy atom. The van der Waals surface area contributed by atoms with E-state index in [0.717, 1.165) is 0 Å². The molecule has 0 aliphatic heterocycles. The van der Waals surface area contributed by atoms with Crippen LogP contribution in [-0.2, 0) is 4.74 Å². The molecule has 0 unspecified atom stereocenters. The van der Waals surface area contributed by atoms with Gasteiger partial charge in [-0.15, -0.1) is 0 Å². The molecule has 1 rings (SSSR count). The number of hydrogen-bond donors (Lipinski definition) is 1. The van der Waals surface area contributed by atoms with Gasteiger partial charge in [-0.05, 0) is 12.1 Å². The van der Waals surface area contributed by atoms with Crippen LogP contribution in [0.15, 0.2) is 18.2 Å². The minimum absolute atomic E-state index is 0.0555. The Labute approximate surface area is 93.6 Å². The molecular formula is C11H14O5. The van der Waals surface area contributed by atoms with Crippen molar-refractivity contribution in [1.82, 2.24) is 0 Å². The molecule has 0 saturated carbocycles. The van der Waals surface area contributed by atoms with Crippen molar-refractivity contribution >= 4 is 5.97 Å². The lowest BCUT2D eigenvalue weighted by atomic mass is 10.2. The molecule has 0 aromatic heterocycles. The van der Waals surface area contributed by atoms with Gasteiger partial charge < -0.3 is 19.3 Å². The summed E-state index contributed by atoms with van der Waals surface area (Å²) in [5.74, 6) is 0.174. The average Bonchev–Trinajstić information content (AvgIpc) is 2.34. The van der Waals surface area contributed by atoms with Gasteiger partial charge in [-0.3, -0.25) is 0 Å². The van der Waals surface area contributed by atoms with Crippen LogP contribution in [0, 0.1) is 0 Å². The van der Waals surface area contributed by atoms with Crippen LogP contribution in [-0.4, -0.2) is 38.5 Å². The third kappa shape index (κ3) is 2.64. The van der Waals surface area contributed by atoms with Crippen molar-refractivity contribution in [3.63, 3.8) is 0 Å².